The average Bonchev–Trinajstić information content (AvgIpc) is 3.47. The van der Waals surface area contributed by atoms with Gasteiger partial charge in [0.05, 0.1) is 42.6 Å². The molecule has 0 saturated carbocycles. The average molecular weight is 480 g/mol. The summed E-state index contributed by atoms with van der Waals surface area (Å²) in [6, 6.07) is 8.24. The van der Waals surface area contributed by atoms with Crippen molar-refractivity contribution < 1.29 is 19.0 Å². The molecule has 35 heavy (non-hydrogen) atoms. The zero-order valence-corrected chi connectivity index (χ0v) is 20.1. The lowest BCUT2D eigenvalue weighted by Gasteiger charge is -2.28. The number of aromatic nitrogens is 4. The summed E-state index contributed by atoms with van der Waals surface area (Å²) in [4.78, 5) is 17.4. The first-order valence-corrected chi connectivity index (χ1v) is 11.8. The summed E-state index contributed by atoms with van der Waals surface area (Å²) in [7, 11) is 1.81. The molecule has 1 aromatic carbocycles. The second-order valence-electron chi connectivity index (χ2n) is 8.26. The number of benzene rings is 1. The normalized spacial score (nSPS) is 17.6. The minimum atomic E-state index is -0.656. The van der Waals surface area contributed by atoms with Crippen molar-refractivity contribution in [1.82, 2.24) is 24.6 Å². The summed E-state index contributed by atoms with van der Waals surface area (Å²) < 4.78 is 23.8. The Kier molecular flexibility index (Phi) is 7.57. The van der Waals surface area contributed by atoms with Crippen molar-refractivity contribution in [3.05, 3.63) is 72.1 Å². The maximum Gasteiger partial charge on any atom is 0.255 e. The summed E-state index contributed by atoms with van der Waals surface area (Å²) in [5, 5.41) is 17.1. The summed E-state index contributed by atoms with van der Waals surface area (Å²) >= 11 is 0. The van der Waals surface area contributed by atoms with Crippen molar-refractivity contribution in [3.8, 4) is 11.1 Å². The molecule has 2 N–H and O–H groups in total. The van der Waals surface area contributed by atoms with E-state index in [1.807, 2.05) is 43.8 Å². The molecular weight excluding hydrogens is 449 g/mol. The molecule has 4 heterocycles. The molecule has 8 nitrogen and oxygen atoms in total. The van der Waals surface area contributed by atoms with Gasteiger partial charge in [-0.3, -0.25) is 14.5 Å². The smallest absolute Gasteiger partial charge is 0.255 e. The SMILES string of the molecule is CC.Cn1cc(-c2ccc(Cn3cc(C(=O)N[C@@H]4COCCC4O)c4ncccc43)c(F)c2)cn1. The second-order valence-corrected chi connectivity index (χ2v) is 8.26. The van der Waals surface area contributed by atoms with E-state index in [0.717, 1.165) is 16.6 Å². The van der Waals surface area contributed by atoms with Crippen LogP contribution in [0.3, 0.4) is 0 Å². The van der Waals surface area contributed by atoms with Gasteiger partial charge in [-0.2, -0.15) is 5.10 Å². The van der Waals surface area contributed by atoms with Crippen molar-refractivity contribution in [2.24, 2.45) is 7.05 Å². The summed E-state index contributed by atoms with van der Waals surface area (Å²) in [5.41, 5.74) is 3.69. The number of hydrogen-bond donors (Lipinski definition) is 2. The third kappa shape index (κ3) is 5.26. The Labute approximate surface area is 203 Å². The van der Waals surface area contributed by atoms with Crippen LogP contribution in [0, 0.1) is 5.82 Å². The van der Waals surface area contributed by atoms with E-state index in [2.05, 4.69) is 15.4 Å². The maximum absolute atomic E-state index is 15.0. The van der Waals surface area contributed by atoms with Crippen LogP contribution in [0.5, 0.6) is 0 Å². The van der Waals surface area contributed by atoms with Crippen molar-refractivity contribution in [2.75, 3.05) is 13.2 Å². The number of aliphatic hydroxyl groups excluding tert-OH is 1. The molecule has 3 aromatic heterocycles. The van der Waals surface area contributed by atoms with Crippen LogP contribution in [-0.4, -0.2) is 55.7 Å². The molecule has 0 spiro atoms. The Bertz CT molecular complexity index is 1320. The summed E-state index contributed by atoms with van der Waals surface area (Å²) in [6.07, 6.45) is 6.64. The van der Waals surface area contributed by atoms with Gasteiger partial charge in [0.1, 0.15) is 11.3 Å². The van der Waals surface area contributed by atoms with Gasteiger partial charge < -0.3 is 19.7 Å². The van der Waals surface area contributed by atoms with Crippen molar-refractivity contribution >= 4 is 16.9 Å². The van der Waals surface area contributed by atoms with E-state index < -0.39 is 12.1 Å². The van der Waals surface area contributed by atoms with E-state index in [0.29, 0.717) is 29.7 Å². The minimum Gasteiger partial charge on any atom is -0.391 e. The van der Waals surface area contributed by atoms with E-state index in [1.165, 1.54) is 6.07 Å². The van der Waals surface area contributed by atoms with Crippen LogP contribution in [0.4, 0.5) is 4.39 Å². The molecule has 0 radical (unpaired) electrons. The fraction of sp³-hybridized carbons (Fsp3) is 0.346. The number of fused-ring (bicyclic) bond motifs is 1. The molecule has 9 heteroatoms. The molecule has 4 aromatic rings. The Balaban J connectivity index is 0.00000141. The standard InChI is InChI=1S/C24H24FN5O3.C2H6/c1-29-11-17(10-27-29)15-4-5-16(19(25)9-15)12-30-13-18(23-21(30)3-2-7-26-23)24(32)28-20-14-33-8-6-22(20)31;1-2/h2-5,7,9-11,13,20,22,31H,6,8,12,14H2,1H3,(H,28,32);1-2H3/t20-,22?;/m1./s1. The topological polar surface area (TPSA) is 94.2 Å². The van der Waals surface area contributed by atoms with Gasteiger partial charge in [-0.15, -0.1) is 0 Å². The van der Waals surface area contributed by atoms with Gasteiger partial charge in [0, 0.05) is 43.4 Å². The number of aliphatic hydroxyl groups is 1. The number of pyridine rings is 1. The number of carbonyl (C=O) groups is 1. The van der Waals surface area contributed by atoms with E-state index >= 15 is 0 Å². The summed E-state index contributed by atoms with van der Waals surface area (Å²) in [6.45, 7) is 4.97. The fourth-order valence-corrected chi connectivity index (χ4v) is 4.14. The van der Waals surface area contributed by atoms with Crippen molar-refractivity contribution in [3.63, 3.8) is 0 Å². The second kappa shape index (κ2) is 10.8. The van der Waals surface area contributed by atoms with Gasteiger partial charge >= 0.3 is 0 Å². The van der Waals surface area contributed by atoms with E-state index in [9.17, 15) is 14.3 Å². The molecule has 5 rings (SSSR count). The van der Waals surface area contributed by atoms with Crippen LogP contribution in [0.2, 0.25) is 0 Å². The van der Waals surface area contributed by atoms with Gasteiger partial charge in [-0.1, -0.05) is 26.0 Å². The van der Waals surface area contributed by atoms with Gasteiger partial charge in [-0.25, -0.2) is 4.39 Å². The zero-order valence-electron chi connectivity index (χ0n) is 20.1. The highest BCUT2D eigenvalue weighted by atomic mass is 19.1. The molecule has 184 valence electrons. The highest BCUT2D eigenvalue weighted by molar-refractivity contribution is 6.05. The molecule has 1 fully saturated rings. The molecule has 1 amide bonds. The first kappa shape index (κ1) is 24.6. The predicted molar refractivity (Wildman–Crippen MR) is 131 cm³/mol. The number of nitrogens with zero attached hydrogens (tertiary/aromatic N) is 4. The van der Waals surface area contributed by atoms with Gasteiger partial charge in [-0.05, 0) is 30.2 Å². The predicted octanol–water partition coefficient (Wildman–Crippen LogP) is 3.53. The van der Waals surface area contributed by atoms with Crippen molar-refractivity contribution in [2.45, 2.75) is 39.0 Å². The number of halogens is 1. The van der Waals surface area contributed by atoms with Gasteiger partial charge in [0.25, 0.3) is 5.91 Å². The third-order valence-corrected chi connectivity index (χ3v) is 5.95. The largest absolute Gasteiger partial charge is 0.391 e. The maximum atomic E-state index is 15.0. The number of carbonyl (C=O) groups excluding carboxylic acids is 1. The molecule has 0 aliphatic carbocycles. The monoisotopic (exact) mass is 479 g/mol. The minimum absolute atomic E-state index is 0.240. The highest BCUT2D eigenvalue weighted by Crippen LogP contribution is 2.25. The molecule has 1 aliphatic rings. The van der Waals surface area contributed by atoms with Gasteiger partial charge in [0.15, 0.2) is 0 Å². The van der Waals surface area contributed by atoms with Crippen LogP contribution in [0.15, 0.2) is 55.1 Å². The van der Waals surface area contributed by atoms with Crippen LogP contribution in [-0.2, 0) is 18.3 Å². The Morgan fingerprint density at radius 3 is 2.80 bits per heavy atom. The number of nitrogens with one attached hydrogen (secondary N) is 1. The number of aryl methyl sites for hydroxylation is 1. The lowest BCUT2D eigenvalue weighted by Crippen LogP contribution is -2.49. The molecular formula is C26H30FN5O3. The number of ether oxygens (including phenoxy) is 1. The van der Waals surface area contributed by atoms with Crippen LogP contribution in [0.1, 0.15) is 36.2 Å². The fourth-order valence-electron chi connectivity index (χ4n) is 4.14. The van der Waals surface area contributed by atoms with E-state index in [-0.39, 0.29) is 24.9 Å². The molecule has 1 unspecified atom stereocenters. The first-order valence-electron chi connectivity index (χ1n) is 11.8. The lowest BCUT2D eigenvalue weighted by atomic mass is 10.1. The summed E-state index contributed by atoms with van der Waals surface area (Å²) in [5.74, 6) is -0.685. The Hall–Kier alpha value is -3.56. The van der Waals surface area contributed by atoms with Crippen molar-refractivity contribution in [1.29, 1.82) is 0 Å². The molecule has 2 atom stereocenters. The van der Waals surface area contributed by atoms with E-state index in [1.54, 1.807) is 35.4 Å². The quantitative estimate of drug-likeness (QED) is 0.457. The van der Waals surface area contributed by atoms with E-state index in [4.69, 9.17) is 4.74 Å². The first-order chi connectivity index (χ1) is 17.0. The lowest BCUT2D eigenvalue weighted by molar-refractivity contribution is -0.0139. The highest BCUT2D eigenvalue weighted by Gasteiger charge is 2.27. The number of hydrogen-bond acceptors (Lipinski definition) is 5. The Morgan fingerprint density at radius 2 is 2.09 bits per heavy atom. The molecule has 0 bridgehead atoms. The van der Waals surface area contributed by atoms with Crippen LogP contribution < -0.4 is 5.32 Å². The third-order valence-electron chi connectivity index (χ3n) is 5.95. The number of amides is 1. The molecule has 1 saturated heterocycles. The zero-order chi connectivity index (χ0) is 24.9. The van der Waals surface area contributed by atoms with Crippen LogP contribution in [0.25, 0.3) is 22.2 Å². The van der Waals surface area contributed by atoms with Crippen LogP contribution >= 0.6 is 0 Å². The number of rotatable bonds is 5. The molecule has 1 aliphatic heterocycles. The van der Waals surface area contributed by atoms with Gasteiger partial charge in [0.2, 0.25) is 0 Å². The Morgan fingerprint density at radius 1 is 1.26 bits per heavy atom.